The van der Waals surface area contributed by atoms with E-state index in [1.54, 1.807) is 11.3 Å². The van der Waals surface area contributed by atoms with Gasteiger partial charge in [0, 0.05) is 17.6 Å². The van der Waals surface area contributed by atoms with Gasteiger partial charge in [0.15, 0.2) is 0 Å². The van der Waals surface area contributed by atoms with Crippen molar-refractivity contribution < 1.29 is 0 Å². The summed E-state index contributed by atoms with van der Waals surface area (Å²) >= 11 is 1.75. The van der Waals surface area contributed by atoms with E-state index in [9.17, 15) is 0 Å². The van der Waals surface area contributed by atoms with E-state index in [-0.39, 0.29) is 0 Å². The fourth-order valence-electron chi connectivity index (χ4n) is 3.21. The van der Waals surface area contributed by atoms with Crippen LogP contribution in [-0.2, 0) is 0 Å². The topological polar surface area (TPSA) is 24.9 Å². The number of rotatable bonds is 3. The first-order valence-electron chi connectivity index (χ1n) is 7.14. The number of thiazole rings is 1. The lowest BCUT2D eigenvalue weighted by atomic mass is 9.69. The Morgan fingerprint density at radius 1 is 1.33 bits per heavy atom. The molecule has 1 N–H and O–H groups in total. The zero-order valence-electron chi connectivity index (χ0n) is 12.1. The fourth-order valence-corrected chi connectivity index (χ4v) is 3.86. The Kier molecular flexibility index (Phi) is 4.44. The zero-order chi connectivity index (χ0) is 13.2. The number of nitrogens with one attached hydrogen (secondary N) is 1. The maximum atomic E-state index is 4.42. The van der Waals surface area contributed by atoms with E-state index in [1.807, 2.05) is 6.20 Å². The number of hydrogen-bond donors (Lipinski definition) is 1. The van der Waals surface area contributed by atoms with E-state index in [0.717, 1.165) is 5.92 Å². The van der Waals surface area contributed by atoms with Gasteiger partial charge in [-0.1, -0.05) is 33.6 Å². The van der Waals surface area contributed by atoms with Crippen molar-refractivity contribution in [3.05, 3.63) is 16.6 Å². The molecule has 1 aliphatic carbocycles. The van der Waals surface area contributed by atoms with Crippen LogP contribution in [0.4, 0.5) is 0 Å². The second-order valence-electron chi connectivity index (χ2n) is 6.62. The maximum Gasteiger partial charge on any atom is 0.109 e. The van der Waals surface area contributed by atoms with E-state index in [2.05, 4.69) is 43.4 Å². The lowest BCUT2D eigenvalue weighted by Crippen LogP contribution is -2.45. The molecule has 18 heavy (non-hydrogen) atoms. The van der Waals surface area contributed by atoms with Crippen LogP contribution in [0.2, 0.25) is 0 Å². The summed E-state index contributed by atoms with van der Waals surface area (Å²) in [7, 11) is 0. The second kappa shape index (κ2) is 5.70. The molecule has 1 aliphatic rings. The largest absolute Gasteiger partial charge is 0.305 e. The molecule has 1 fully saturated rings. The summed E-state index contributed by atoms with van der Waals surface area (Å²) in [5.74, 6) is 0.786. The minimum Gasteiger partial charge on any atom is -0.305 e. The van der Waals surface area contributed by atoms with E-state index < -0.39 is 0 Å². The van der Waals surface area contributed by atoms with Crippen LogP contribution in [-0.4, -0.2) is 11.0 Å². The average molecular weight is 266 g/mol. The molecule has 0 bridgehead atoms. The summed E-state index contributed by atoms with van der Waals surface area (Å²) in [5.41, 5.74) is 0.403. The molecule has 0 aliphatic heterocycles. The highest BCUT2D eigenvalue weighted by Gasteiger charge is 2.34. The third kappa shape index (κ3) is 3.33. The molecule has 0 spiro atoms. The molecule has 0 amide bonds. The first-order valence-corrected chi connectivity index (χ1v) is 8.02. The van der Waals surface area contributed by atoms with Crippen molar-refractivity contribution >= 4 is 11.3 Å². The normalized spacial score (nSPS) is 27.1. The molecule has 1 aromatic rings. The van der Waals surface area contributed by atoms with Gasteiger partial charge in [-0.25, -0.2) is 4.98 Å². The quantitative estimate of drug-likeness (QED) is 0.877. The molecular weight excluding hydrogens is 240 g/mol. The van der Waals surface area contributed by atoms with E-state index >= 15 is 0 Å². The second-order valence-corrected chi connectivity index (χ2v) is 7.55. The Morgan fingerprint density at radius 2 is 2.06 bits per heavy atom. The molecule has 2 rings (SSSR count). The zero-order valence-corrected chi connectivity index (χ0v) is 12.9. The number of hydrogen-bond acceptors (Lipinski definition) is 3. The predicted octanol–water partition coefficient (Wildman–Crippen LogP) is 4.40. The average Bonchev–Trinajstić information content (AvgIpc) is 2.81. The van der Waals surface area contributed by atoms with E-state index in [1.165, 1.54) is 30.7 Å². The van der Waals surface area contributed by atoms with Crippen LogP contribution in [0, 0.1) is 11.3 Å². The summed E-state index contributed by atoms with van der Waals surface area (Å²) in [5, 5.41) is 7.11. The molecular formula is C15H26N2S. The van der Waals surface area contributed by atoms with Gasteiger partial charge in [0.05, 0.1) is 6.04 Å². The Labute approximate surface area is 115 Å². The van der Waals surface area contributed by atoms with Gasteiger partial charge in [0.1, 0.15) is 5.01 Å². The summed E-state index contributed by atoms with van der Waals surface area (Å²) < 4.78 is 0. The molecule has 102 valence electrons. The monoisotopic (exact) mass is 266 g/mol. The van der Waals surface area contributed by atoms with Crippen molar-refractivity contribution in [2.75, 3.05) is 0 Å². The van der Waals surface area contributed by atoms with Gasteiger partial charge in [-0.05, 0) is 31.1 Å². The van der Waals surface area contributed by atoms with Crippen molar-refractivity contribution in [3.63, 3.8) is 0 Å². The summed E-state index contributed by atoms with van der Waals surface area (Å²) in [6, 6.07) is 1.04. The highest BCUT2D eigenvalue weighted by Crippen LogP contribution is 2.38. The lowest BCUT2D eigenvalue weighted by molar-refractivity contribution is 0.124. The van der Waals surface area contributed by atoms with Gasteiger partial charge < -0.3 is 5.32 Å². The van der Waals surface area contributed by atoms with Crippen LogP contribution in [0.25, 0.3) is 0 Å². The molecule has 3 atom stereocenters. The number of aromatic nitrogens is 1. The third-order valence-corrected chi connectivity index (χ3v) is 5.12. The molecule has 1 heterocycles. The molecule has 2 nitrogen and oxygen atoms in total. The van der Waals surface area contributed by atoms with E-state index in [0.29, 0.717) is 17.5 Å². The van der Waals surface area contributed by atoms with Gasteiger partial charge in [0.2, 0.25) is 0 Å². The van der Waals surface area contributed by atoms with Gasteiger partial charge in [-0.3, -0.25) is 0 Å². The highest BCUT2D eigenvalue weighted by atomic mass is 32.1. The Morgan fingerprint density at radius 3 is 2.67 bits per heavy atom. The molecule has 0 radical (unpaired) electrons. The van der Waals surface area contributed by atoms with Gasteiger partial charge in [-0.15, -0.1) is 11.3 Å². The predicted molar refractivity (Wildman–Crippen MR) is 78.9 cm³/mol. The highest BCUT2D eigenvalue weighted by molar-refractivity contribution is 7.09. The third-order valence-electron chi connectivity index (χ3n) is 4.16. The molecule has 0 saturated heterocycles. The van der Waals surface area contributed by atoms with E-state index in [4.69, 9.17) is 0 Å². The first-order chi connectivity index (χ1) is 8.48. The molecule has 3 heteroatoms. The van der Waals surface area contributed by atoms with Crippen LogP contribution < -0.4 is 5.32 Å². The smallest absolute Gasteiger partial charge is 0.109 e. The first kappa shape index (κ1) is 14.0. The lowest BCUT2D eigenvalue weighted by Gasteiger charge is -2.42. The van der Waals surface area contributed by atoms with Crippen LogP contribution in [0.15, 0.2) is 11.6 Å². The van der Waals surface area contributed by atoms with Crippen LogP contribution in [0.1, 0.15) is 64.4 Å². The SMILES string of the molecule is CC(NC1CCCCC1C(C)(C)C)c1nccs1. The van der Waals surface area contributed by atoms with Crippen LogP contribution in [0.5, 0.6) is 0 Å². The fraction of sp³-hybridized carbons (Fsp3) is 0.800. The van der Waals surface area contributed by atoms with Crippen LogP contribution >= 0.6 is 11.3 Å². The van der Waals surface area contributed by atoms with Crippen LogP contribution in [0.3, 0.4) is 0 Å². The Bertz CT molecular complexity index is 353. The maximum absolute atomic E-state index is 4.42. The summed E-state index contributed by atoms with van der Waals surface area (Å²) in [4.78, 5) is 4.42. The molecule has 1 saturated carbocycles. The minimum absolute atomic E-state index is 0.387. The minimum atomic E-state index is 0.387. The van der Waals surface area contributed by atoms with Gasteiger partial charge in [-0.2, -0.15) is 0 Å². The summed E-state index contributed by atoms with van der Waals surface area (Å²) in [6.07, 6.45) is 7.35. The van der Waals surface area contributed by atoms with Crippen molar-refractivity contribution in [1.29, 1.82) is 0 Å². The molecule has 1 aromatic heterocycles. The van der Waals surface area contributed by atoms with Crippen molar-refractivity contribution in [2.24, 2.45) is 11.3 Å². The Balaban J connectivity index is 2.01. The van der Waals surface area contributed by atoms with Crippen molar-refractivity contribution in [2.45, 2.75) is 65.5 Å². The van der Waals surface area contributed by atoms with Crippen molar-refractivity contribution in [1.82, 2.24) is 10.3 Å². The molecule has 0 aromatic carbocycles. The van der Waals surface area contributed by atoms with Gasteiger partial charge in [0.25, 0.3) is 0 Å². The Hall–Kier alpha value is -0.410. The number of nitrogens with zero attached hydrogens (tertiary/aromatic N) is 1. The molecule has 3 unspecified atom stereocenters. The standard InChI is InChI=1S/C15H26N2S/c1-11(14-16-9-10-18-14)17-13-8-6-5-7-12(13)15(2,3)4/h9-13,17H,5-8H2,1-4H3. The summed E-state index contributed by atoms with van der Waals surface area (Å²) in [6.45, 7) is 9.39. The van der Waals surface area contributed by atoms with Gasteiger partial charge >= 0.3 is 0 Å². The van der Waals surface area contributed by atoms with Crippen molar-refractivity contribution in [3.8, 4) is 0 Å².